The lowest BCUT2D eigenvalue weighted by molar-refractivity contribution is 0.947. The molecule has 0 unspecified atom stereocenters. The van der Waals surface area contributed by atoms with E-state index in [0.717, 1.165) is 12.0 Å². The first-order valence-corrected chi connectivity index (χ1v) is 3.04. The minimum Gasteiger partial charge on any atom is -0.249 e. The van der Waals surface area contributed by atoms with Gasteiger partial charge in [-0.3, -0.25) is 0 Å². The molecule has 3 nitrogen and oxygen atoms in total. The number of hydrogen-bond donors (Lipinski definition) is 1. The second-order valence-corrected chi connectivity index (χ2v) is 1.91. The normalized spacial score (nSPS) is 15.0. The molecular weight excluding hydrogens is 128 g/mol. The van der Waals surface area contributed by atoms with Gasteiger partial charge in [0.2, 0.25) is 0 Å². The highest BCUT2D eigenvalue weighted by Crippen LogP contribution is 2.05. The van der Waals surface area contributed by atoms with E-state index in [1.165, 1.54) is 0 Å². The number of hydrogen-bond acceptors (Lipinski definition) is 2. The summed E-state index contributed by atoms with van der Waals surface area (Å²) in [5.74, 6) is 0. The van der Waals surface area contributed by atoms with Gasteiger partial charge in [0.05, 0.1) is 5.29 Å². The zero-order chi connectivity index (χ0) is 7.23. The van der Waals surface area contributed by atoms with Crippen LogP contribution in [0.4, 0.5) is 0 Å². The molecule has 0 bridgehead atoms. The van der Waals surface area contributed by atoms with Crippen LogP contribution in [0.25, 0.3) is 0 Å². The van der Waals surface area contributed by atoms with Gasteiger partial charge in [-0.2, -0.15) is 0 Å². The van der Waals surface area contributed by atoms with Crippen LogP contribution in [0.2, 0.25) is 0 Å². The van der Waals surface area contributed by atoms with Gasteiger partial charge >= 0.3 is 0 Å². The molecule has 1 aliphatic rings. The van der Waals surface area contributed by atoms with Crippen molar-refractivity contribution in [2.75, 3.05) is 0 Å². The third kappa shape index (κ3) is 1.85. The average molecular weight is 136 g/mol. The SMILES string of the molecule is O=NNC=C1C=CCC=C1. The van der Waals surface area contributed by atoms with E-state index in [0.29, 0.717) is 0 Å². The third-order valence-electron chi connectivity index (χ3n) is 1.18. The summed E-state index contributed by atoms with van der Waals surface area (Å²) in [6.45, 7) is 0. The number of nitrogens with one attached hydrogen (secondary N) is 1. The molecule has 0 spiro atoms. The highest BCUT2D eigenvalue weighted by molar-refractivity contribution is 5.33. The molecule has 0 atom stereocenters. The van der Waals surface area contributed by atoms with Gasteiger partial charge in [-0.25, -0.2) is 5.43 Å². The maximum absolute atomic E-state index is 9.59. The Morgan fingerprint density at radius 3 is 2.80 bits per heavy atom. The van der Waals surface area contributed by atoms with Crippen molar-refractivity contribution in [3.63, 3.8) is 0 Å². The molecule has 1 rings (SSSR count). The minimum atomic E-state index is 0.964. The molecule has 0 aromatic carbocycles. The lowest BCUT2D eigenvalue weighted by atomic mass is 10.1. The Labute approximate surface area is 59.1 Å². The topological polar surface area (TPSA) is 41.5 Å². The van der Waals surface area contributed by atoms with Gasteiger partial charge in [0.15, 0.2) is 0 Å². The molecule has 1 aliphatic carbocycles. The highest BCUT2D eigenvalue weighted by atomic mass is 16.3. The molecule has 3 heteroatoms. The van der Waals surface area contributed by atoms with Crippen molar-refractivity contribution in [1.82, 2.24) is 5.43 Å². The molecule has 0 saturated heterocycles. The van der Waals surface area contributed by atoms with Gasteiger partial charge in [0.1, 0.15) is 0 Å². The van der Waals surface area contributed by atoms with Crippen LogP contribution < -0.4 is 5.43 Å². The average Bonchev–Trinajstić information content (AvgIpc) is 2.03. The van der Waals surface area contributed by atoms with Crippen LogP contribution >= 0.6 is 0 Å². The molecule has 0 radical (unpaired) electrons. The Morgan fingerprint density at radius 2 is 2.20 bits per heavy atom. The van der Waals surface area contributed by atoms with Crippen molar-refractivity contribution in [2.24, 2.45) is 5.29 Å². The van der Waals surface area contributed by atoms with Gasteiger partial charge in [-0.05, 0) is 12.0 Å². The fraction of sp³-hybridized carbons (Fsp3) is 0.143. The van der Waals surface area contributed by atoms with Gasteiger partial charge < -0.3 is 0 Å². The zero-order valence-corrected chi connectivity index (χ0v) is 5.45. The Balaban J connectivity index is 2.53. The molecule has 0 aliphatic heterocycles. The lowest BCUT2D eigenvalue weighted by Crippen LogP contribution is -1.92. The minimum absolute atomic E-state index is 0.964. The van der Waals surface area contributed by atoms with Gasteiger partial charge in [0.25, 0.3) is 0 Å². The second kappa shape index (κ2) is 3.61. The van der Waals surface area contributed by atoms with Crippen LogP contribution in [0.15, 0.2) is 41.4 Å². The van der Waals surface area contributed by atoms with E-state index in [4.69, 9.17) is 0 Å². The van der Waals surface area contributed by atoms with Gasteiger partial charge in [-0.1, -0.05) is 24.3 Å². The molecule has 0 amide bonds. The van der Waals surface area contributed by atoms with Crippen molar-refractivity contribution in [3.05, 3.63) is 41.0 Å². The fourth-order valence-electron chi connectivity index (χ4n) is 0.739. The Hall–Kier alpha value is -1.38. The molecular formula is C7H8N2O. The van der Waals surface area contributed by atoms with Gasteiger partial charge in [-0.15, -0.1) is 4.91 Å². The predicted molar refractivity (Wildman–Crippen MR) is 39.9 cm³/mol. The van der Waals surface area contributed by atoms with Crippen LogP contribution in [0, 0.1) is 4.91 Å². The van der Waals surface area contributed by atoms with E-state index in [1.807, 2.05) is 24.3 Å². The van der Waals surface area contributed by atoms with E-state index in [2.05, 4.69) is 10.7 Å². The van der Waals surface area contributed by atoms with Crippen LogP contribution in [-0.2, 0) is 0 Å². The summed E-state index contributed by atoms with van der Waals surface area (Å²) in [5.41, 5.74) is 3.19. The second-order valence-electron chi connectivity index (χ2n) is 1.91. The number of nitrogens with zero attached hydrogens (tertiary/aromatic N) is 1. The maximum atomic E-state index is 9.59. The standard InChI is InChI=1S/C7H8N2O/c10-9-8-6-7-4-2-1-3-5-7/h2-6H,1H2,(H,8,10). The largest absolute Gasteiger partial charge is 0.249 e. The molecule has 0 aromatic heterocycles. The fourth-order valence-corrected chi connectivity index (χ4v) is 0.739. The Bertz CT molecular complexity index is 190. The monoisotopic (exact) mass is 136 g/mol. The van der Waals surface area contributed by atoms with Crippen molar-refractivity contribution in [1.29, 1.82) is 0 Å². The summed E-state index contributed by atoms with van der Waals surface area (Å²) in [5, 5.41) is 2.49. The molecule has 10 heavy (non-hydrogen) atoms. The van der Waals surface area contributed by atoms with E-state index in [1.54, 1.807) is 6.20 Å². The van der Waals surface area contributed by atoms with E-state index in [-0.39, 0.29) is 0 Å². The lowest BCUT2D eigenvalue weighted by Gasteiger charge is -1.96. The number of allylic oxidation sites excluding steroid dienone is 5. The van der Waals surface area contributed by atoms with Crippen molar-refractivity contribution >= 4 is 0 Å². The Kier molecular flexibility index (Phi) is 2.43. The summed E-state index contributed by atoms with van der Waals surface area (Å²) < 4.78 is 0. The smallest absolute Gasteiger partial charge is 0.0540 e. The van der Waals surface area contributed by atoms with Crippen molar-refractivity contribution in [3.8, 4) is 0 Å². The molecule has 0 aromatic rings. The zero-order valence-electron chi connectivity index (χ0n) is 5.45. The summed E-state index contributed by atoms with van der Waals surface area (Å²) in [6.07, 6.45) is 10.4. The van der Waals surface area contributed by atoms with E-state index < -0.39 is 0 Å². The third-order valence-corrected chi connectivity index (χ3v) is 1.18. The highest BCUT2D eigenvalue weighted by Gasteiger charge is 1.88. The van der Waals surface area contributed by atoms with E-state index in [9.17, 15) is 4.91 Å². The first-order chi connectivity index (χ1) is 4.93. The quantitative estimate of drug-likeness (QED) is 0.463. The summed E-state index contributed by atoms with van der Waals surface area (Å²) in [6, 6.07) is 0. The molecule has 52 valence electrons. The molecule has 1 N–H and O–H groups in total. The number of rotatable bonds is 2. The van der Waals surface area contributed by atoms with Crippen molar-refractivity contribution in [2.45, 2.75) is 6.42 Å². The Morgan fingerprint density at radius 1 is 1.50 bits per heavy atom. The van der Waals surface area contributed by atoms with Crippen LogP contribution in [-0.4, -0.2) is 0 Å². The molecule has 0 saturated carbocycles. The maximum Gasteiger partial charge on any atom is 0.0540 e. The first kappa shape index (κ1) is 6.74. The van der Waals surface area contributed by atoms with Crippen molar-refractivity contribution < 1.29 is 0 Å². The first-order valence-electron chi connectivity index (χ1n) is 3.04. The number of nitroso groups, excluding NO2 is 1. The van der Waals surface area contributed by atoms with Gasteiger partial charge in [0, 0.05) is 6.20 Å². The van der Waals surface area contributed by atoms with Crippen LogP contribution in [0.1, 0.15) is 6.42 Å². The summed E-state index contributed by atoms with van der Waals surface area (Å²) in [7, 11) is 0. The predicted octanol–water partition coefficient (Wildman–Crippen LogP) is 1.66. The van der Waals surface area contributed by atoms with Crippen LogP contribution in [0.5, 0.6) is 0 Å². The molecule has 0 fully saturated rings. The summed E-state index contributed by atoms with van der Waals surface area (Å²) in [4.78, 5) is 9.59. The summed E-state index contributed by atoms with van der Waals surface area (Å²) >= 11 is 0. The van der Waals surface area contributed by atoms with E-state index >= 15 is 0 Å². The van der Waals surface area contributed by atoms with Crippen LogP contribution in [0.3, 0.4) is 0 Å². The molecule has 0 heterocycles.